The van der Waals surface area contributed by atoms with Gasteiger partial charge in [0.25, 0.3) is 0 Å². The van der Waals surface area contributed by atoms with Crippen LogP contribution in [0, 0.1) is 5.92 Å². The summed E-state index contributed by atoms with van der Waals surface area (Å²) in [5, 5.41) is 0. The van der Waals surface area contributed by atoms with Crippen LogP contribution in [0.4, 0.5) is 10.5 Å². The molecule has 0 aromatic heterocycles. The Morgan fingerprint density at radius 3 is 2.35 bits per heavy atom. The number of amides is 3. The molecule has 3 amide bonds. The molecule has 0 aliphatic carbocycles. The standard InChI is InChI=1S/C15H21N3O2/c1-11-9-17(4)15(20)18(14(11)19)10-12-5-7-13(8-6-12)16(2)3/h5-8,11H,9-10H2,1-4H3/t11-/m0/s1. The molecule has 1 saturated heterocycles. The molecule has 1 heterocycles. The Hall–Kier alpha value is -2.04. The molecule has 20 heavy (non-hydrogen) atoms. The van der Waals surface area contributed by atoms with Crippen molar-refractivity contribution in [2.75, 3.05) is 32.6 Å². The number of urea groups is 1. The Morgan fingerprint density at radius 1 is 1.20 bits per heavy atom. The Balaban J connectivity index is 2.15. The minimum absolute atomic E-state index is 0.0928. The number of imide groups is 1. The number of rotatable bonds is 3. The molecule has 0 spiro atoms. The van der Waals surface area contributed by atoms with Crippen LogP contribution >= 0.6 is 0 Å². The van der Waals surface area contributed by atoms with Crippen LogP contribution in [0.3, 0.4) is 0 Å². The number of benzene rings is 1. The van der Waals surface area contributed by atoms with Gasteiger partial charge in [-0.3, -0.25) is 9.69 Å². The van der Waals surface area contributed by atoms with E-state index in [1.165, 1.54) is 4.90 Å². The Bertz CT molecular complexity index is 490. The molecule has 0 radical (unpaired) electrons. The van der Waals surface area contributed by atoms with Crippen molar-refractivity contribution in [2.24, 2.45) is 5.92 Å². The van der Waals surface area contributed by atoms with Gasteiger partial charge in [-0.25, -0.2) is 4.79 Å². The average Bonchev–Trinajstić information content (AvgIpc) is 2.42. The maximum atomic E-state index is 12.1. The number of hydrogen-bond acceptors (Lipinski definition) is 3. The molecule has 1 aromatic carbocycles. The third-order valence-corrected chi connectivity index (χ3v) is 3.59. The summed E-state index contributed by atoms with van der Waals surface area (Å²) in [6.07, 6.45) is 0. The maximum absolute atomic E-state index is 12.1. The predicted octanol–water partition coefficient (Wildman–Crippen LogP) is 1.78. The Kier molecular flexibility index (Phi) is 3.97. The second kappa shape index (κ2) is 5.53. The minimum Gasteiger partial charge on any atom is -0.378 e. The van der Waals surface area contributed by atoms with E-state index in [2.05, 4.69) is 0 Å². The van der Waals surface area contributed by atoms with Crippen molar-refractivity contribution in [3.8, 4) is 0 Å². The van der Waals surface area contributed by atoms with Crippen LogP contribution in [0.1, 0.15) is 12.5 Å². The van der Waals surface area contributed by atoms with Crippen molar-refractivity contribution in [2.45, 2.75) is 13.5 Å². The minimum atomic E-state index is -0.218. The molecular formula is C15H21N3O2. The summed E-state index contributed by atoms with van der Waals surface area (Å²) < 4.78 is 0. The molecule has 0 N–H and O–H groups in total. The lowest BCUT2D eigenvalue weighted by molar-refractivity contribution is -0.135. The fourth-order valence-corrected chi connectivity index (χ4v) is 2.36. The molecule has 5 nitrogen and oxygen atoms in total. The summed E-state index contributed by atoms with van der Waals surface area (Å²) in [4.78, 5) is 29.2. The van der Waals surface area contributed by atoms with Crippen LogP contribution in [-0.4, -0.2) is 49.4 Å². The van der Waals surface area contributed by atoms with E-state index in [9.17, 15) is 9.59 Å². The van der Waals surface area contributed by atoms with Gasteiger partial charge in [0.15, 0.2) is 0 Å². The van der Waals surface area contributed by atoms with Crippen molar-refractivity contribution < 1.29 is 9.59 Å². The van der Waals surface area contributed by atoms with Crippen LogP contribution in [0.5, 0.6) is 0 Å². The first-order chi connectivity index (χ1) is 9.40. The zero-order chi connectivity index (χ0) is 14.9. The molecule has 0 bridgehead atoms. The van der Waals surface area contributed by atoms with E-state index in [0.717, 1.165) is 11.3 Å². The van der Waals surface area contributed by atoms with Gasteiger partial charge >= 0.3 is 6.03 Å². The second-order valence-electron chi connectivity index (χ2n) is 5.55. The smallest absolute Gasteiger partial charge is 0.326 e. The summed E-state index contributed by atoms with van der Waals surface area (Å²) in [5.74, 6) is -0.233. The first-order valence-corrected chi connectivity index (χ1v) is 6.73. The number of hydrogen-bond donors (Lipinski definition) is 0. The lowest BCUT2D eigenvalue weighted by Crippen LogP contribution is -2.54. The average molecular weight is 275 g/mol. The maximum Gasteiger partial charge on any atom is 0.326 e. The molecule has 0 saturated carbocycles. The SMILES string of the molecule is C[C@H]1CN(C)C(=O)N(Cc2ccc(N(C)C)cc2)C1=O. The quantitative estimate of drug-likeness (QED) is 0.844. The first-order valence-electron chi connectivity index (χ1n) is 6.73. The largest absolute Gasteiger partial charge is 0.378 e. The van der Waals surface area contributed by atoms with Gasteiger partial charge in [-0.1, -0.05) is 19.1 Å². The normalized spacial score (nSPS) is 19.5. The van der Waals surface area contributed by atoms with E-state index in [1.807, 2.05) is 50.2 Å². The Labute approximate surface area is 119 Å². The van der Waals surface area contributed by atoms with Crippen LogP contribution in [-0.2, 0) is 11.3 Å². The summed E-state index contributed by atoms with van der Waals surface area (Å²) >= 11 is 0. The summed E-state index contributed by atoms with van der Waals surface area (Å²) in [6.45, 7) is 2.68. The molecule has 2 rings (SSSR count). The second-order valence-corrected chi connectivity index (χ2v) is 5.55. The van der Waals surface area contributed by atoms with Gasteiger partial charge in [0.2, 0.25) is 5.91 Å². The highest BCUT2D eigenvalue weighted by Gasteiger charge is 2.34. The first kappa shape index (κ1) is 14.4. The summed E-state index contributed by atoms with van der Waals surface area (Å²) in [7, 11) is 5.68. The van der Waals surface area contributed by atoms with Crippen LogP contribution in [0.15, 0.2) is 24.3 Å². The molecule has 0 unspecified atom stereocenters. The van der Waals surface area contributed by atoms with E-state index < -0.39 is 0 Å². The lowest BCUT2D eigenvalue weighted by Gasteiger charge is -2.35. The van der Waals surface area contributed by atoms with Gasteiger partial charge in [-0.05, 0) is 17.7 Å². The van der Waals surface area contributed by atoms with Gasteiger partial charge in [-0.2, -0.15) is 0 Å². The molecule has 1 fully saturated rings. The van der Waals surface area contributed by atoms with Gasteiger partial charge in [-0.15, -0.1) is 0 Å². The van der Waals surface area contributed by atoms with Crippen LogP contribution in [0.2, 0.25) is 0 Å². The molecule has 1 aliphatic rings. The van der Waals surface area contributed by atoms with E-state index in [1.54, 1.807) is 11.9 Å². The van der Waals surface area contributed by atoms with Crippen LogP contribution < -0.4 is 4.90 Å². The molecule has 1 aliphatic heterocycles. The number of nitrogens with zero attached hydrogens (tertiary/aromatic N) is 3. The highest BCUT2D eigenvalue weighted by molar-refractivity contribution is 5.97. The fraction of sp³-hybridized carbons (Fsp3) is 0.467. The summed E-state index contributed by atoms with van der Waals surface area (Å²) in [6, 6.07) is 7.66. The highest BCUT2D eigenvalue weighted by Crippen LogP contribution is 2.19. The number of carbonyl (C=O) groups is 2. The third-order valence-electron chi connectivity index (χ3n) is 3.59. The van der Waals surface area contributed by atoms with Crippen molar-refractivity contribution in [1.29, 1.82) is 0 Å². The van der Waals surface area contributed by atoms with E-state index in [4.69, 9.17) is 0 Å². The molecule has 1 aromatic rings. The van der Waals surface area contributed by atoms with Crippen molar-refractivity contribution >= 4 is 17.6 Å². The van der Waals surface area contributed by atoms with Crippen molar-refractivity contribution in [3.05, 3.63) is 29.8 Å². The fourth-order valence-electron chi connectivity index (χ4n) is 2.36. The van der Waals surface area contributed by atoms with Gasteiger partial charge in [0.1, 0.15) is 0 Å². The molecule has 1 atom stereocenters. The number of anilines is 1. The van der Waals surface area contributed by atoms with Gasteiger partial charge in [0, 0.05) is 33.4 Å². The third kappa shape index (κ3) is 2.76. The lowest BCUT2D eigenvalue weighted by atomic mass is 10.1. The van der Waals surface area contributed by atoms with Crippen molar-refractivity contribution in [3.63, 3.8) is 0 Å². The van der Waals surface area contributed by atoms with Crippen molar-refractivity contribution in [1.82, 2.24) is 9.80 Å². The van der Waals surface area contributed by atoms with Gasteiger partial charge in [0.05, 0.1) is 12.5 Å². The molecule has 108 valence electrons. The van der Waals surface area contributed by atoms with E-state index in [-0.39, 0.29) is 17.9 Å². The Morgan fingerprint density at radius 2 is 1.80 bits per heavy atom. The monoisotopic (exact) mass is 275 g/mol. The van der Waals surface area contributed by atoms with E-state index in [0.29, 0.717) is 13.1 Å². The zero-order valence-corrected chi connectivity index (χ0v) is 12.5. The zero-order valence-electron chi connectivity index (χ0n) is 12.5. The summed E-state index contributed by atoms with van der Waals surface area (Å²) in [5.41, 5.74) is 2.05. The molecule has 5 heteroatoms. The van der Waals surface area contributed by atoms with E-state index >= 15 is 0 Å². The topological polar surface area (TPSA) is 43.9 Å². The molecular weight excluding hydrogens is 254 g/mol. The highest BCUT2D eigenvalue weighted by atomic mass is 16.2. The van der Waals surface area contributed by atoms with Crippen LogP contribution in [0.25, 0.3) is 0 Å². The van der Waals surface area contributed by atoms with Gasteiger partial charge < -0.3 is 9.80 Å². The predicted molar refractivity (Wildman–Crippen MR) is 78.5 cm³/mol. The number of carbonyl (C=O) groups excluding carboxylic acids is 2.